The molecule has 1 aromatic rings. The largest absolute Gasteiger partial charge is 1.00 e. The standard InChI is InChI=1S/C12H18BrNO.ClH/c1-12(2,3)14-8-9-15-11-6-4-10(13)5-7-11;/h4-7,14H,8-9H2,1-3H3;1H/p-1. The highest BCUT2D eigenvalue weighted by Crippen LogP contribution is 2.15. The SMILES string of the molecule is CC(C)(C)NCCOc1ccc(Br)cc1.[Cl-]. The summed E-state index contributed by atoms with van der Waals surface area (Å²) in [6, 6.07) is 7.88. The molecule has 0 aromatic heterocycles. The second kappa shape index (κ2) is 7.15. The quantitative estimate of drug-likeness (QED) is 0.804. The third kappa shape index (κ3) is 7.09. The first-order valence-corrected chi connectivity index (χ1v) is 5.90. The molecule has 92 valence electrons. The van der Waals surface area contributed by atoms with E-state index >= 15 is 0 Å². The van der Waals surface area contributed by atoms with E-state index in [-0.39, 0.29) is 17.9 Å². The van der Waals surface area contributed by atoms with Crippen LogP contribution >= 0.6 is 15.9 Å². The van der Waals surface area contributed by atoms with Gasteiger partial charge in [-0.25, -0.2) is 0 Å². The number of halogens is 2. The zero-order valence-corrected chi connectivity index (χ0v) is 12.2. The molecule has 0 aliphatic rings. The van der Waals surface area contributed by atoms with Gasteiger partial charge in [0.25, 0.3) is 0 Å². The van der Waals surface area contributed by atoms with Gasteiger partial charge in [0.2, 0.25) is 0 Å². The summed E-state index contributed by atoms with van der Waals surface area (Å²) in [7, 11) is 0. The molecule has 1 N–H and O–H groups in total. The van der Waals surface area contributed by atoms with Gasteiger partial charge in [-0.1, -0.05) is 15.9 Å². The molecule has 1 aromatic carbocycles. The summed E-state index contributed by atoms with van der Waals surface area (Å²) in [4.78, 5) is 0. The third-order valence-electron chi connectivity index (χ3n) is 1.84. The zero-order chi connectivity index (χ0) is 11.3. The number of hydrogen-bond donors (Lipinski definition) is 1. The minimum absolute atomic E-state index is 0. The molecule has 0 aliphatic carbocycles. The maximum atomic E-state index is 5.57. The van der Waals surface area contributed by atoms with Crippen molar-refractivity contribution in [3.05, 3.63) is 28.7 Å². The van der Waals surface area contributed by atoms with Crippen LogP contribution in [0, 0.1) is 0 Å². The Morgan fingerprint density at radius 1 is 1.19 bits per heavy atom. The van der Waals surface area contributed by atoms with Gasteiger partial charge in [-0.3, -0.25) is 0 Å². The molecule has 1 rings (SSSR count). The van der Waals surface area contributed by atoms with E-state index in [1.807, 2.05) is 24.3 Å². The number of ether oxygens (including phenoxy) is 1. The number of hydrogen-bond acceptors (Lipinski definition) is 2. The molecule has 0 radical (unpaired) electrons. The van der Waals surface area contributed by atoms with Gasteiger partial charge in [0.1, 0.15) is 12.4 Å². The lowest BCUT2D eigenvalue weighted by Gasteiger charge is -2.20. The Bertz CT molecular complexity index is 295. The molecule has 0 amide bonds. The molecule has 0 heterocycles. The molecule has 0 bridgehead atoms. The van der Waals surface area contributed by atoms with Crippen molar-refractivity contribution in [2.24, 2.45) is 0 Å². The van der Waals surface area contributed by atoms with Crippen LogP contribution in [0.1, 0.15) is 20.8 Å². The number of nitrogens with one attached hydrogen (secondary N) is 1. The van der Waals surface area contributed by atoms with Crippen molar-refractivity contribution >= 4 is 15.9 Å². The molecule has 0 aliphatic heterocycles. The van der Waals surface area contributed by atoms with E-state index in [0.29, 0.717) is 6.61 Å². The molecule has 16 heavy (non-hydrogen) atoms. The average molecular weight is 308 g/mol. The first kappa shape index (κ1) is 15.8. The van der Waals surface area contributed by atoms with E-state index in [4.69, 9.17) is 4.74 Å². The predicted molar refractivity (Wildman–Crippen MR) is 67.4 cm³/mol. The summed E-state index contributed by atoms with van der Waals surface area (Å²) in [5.41, 5.74) is 0.156. The molecular formula is C12H18BrClNO-. The predicted octanol–water partition coefficient (Wildman–Crippen LogP) is 0.220. The van der Waals surface area contributed by atoms with Gasteiger partial charge in [-0.05, 0) is 45.0 Å². The first-order chi connectivity index (χ1) is 6.97. The van der Waals surface area contributed by atoms with E-state index in [9.17, 15) is 0 Å². The van der Waals surface area contributed by atoms with Gasteiger partial charge in [0.15, 0.2) is 0 Å². The Balaban J connectivity index is 0.00000225. The van der Waals surface area contributed by atoms with E-state index < -0.39 is 0 Å². The fraction of sp³-hybridized carbons (Fsp3) is 0.500. The number of rotatable bonds is 4. The molecule has 0 unspecified atom stereocenters. The van der Waals surface area contributed by atoms with Crippen molar-refractivity contribution in [3.8, 4) is 5.75 Å². The minimum atomic E-state index is 0. The van der Waals surface area contributed by atoms with Gasteiger partial charge >= 0.3 is 0 Å². The first-order valence-electron chi connectivity index (χ1n) is 5.11. The Labute approximate surface area is 112 Å². The van der Waals surface area contributed by atoms with Crippen LogP contribution in [0.4, 0.5) is 0 Å². The van der Waals surface area contributed by atoms with Crippen molar-refractivity contribution in [1.29, 1.82) is 0 Å². The van der Waals surface area contributed by atoms with Gasteiger partial charge in [-0.15, -0.1) is 0 Å². The summed E-state index contributed by atoms with van der Waals surface area (Å²) in [6.07, 6.45) is 0. The van der Waals surface area contributed by atoms with Crippen molar-refractivity contribution in [2.75, 3.05) is 13.2 Å². The van der Waals surface area contributed by atoms with Gasteiger partial charge in [0, 0.05) is 16.6 Å². The van der Waals surface area contributed by atoms with E-state index in [1.54, 1.807) is 0 Å². The summed E-state index contributed by atoms with van der Waals surface area (Å²) in [5, 5.41) is 3.37. The van der Waals surface area contributed by atoms with E-state index in [0.717, 1.165) is 16.8 Å². The average Bonchev–Trinajstić information content (AvgIpc) is 2.14. The monoisotopic (exact) mass is 306 g/mol. The Morgan fingerprint density at radius 3 is 2.25 bits per heavy atom. The third-order valence-corrected chi connectivity index (χ3v) is 2.37. The summed E-state index contributed by atoms with van der Waals surface area (Å²) >= 11 is 3.39. The van der Waals surface area contributed by atoms with Crippen molar-refractivity contribution in [1.82, 2.24) is 5.32 Å². The molecule has 0 saturated heterocycles. The normalized spacial score (nSPS) is 10.8. The Kier molecular flexibility index (Phi) is 7.04. The van der Waals surface area contributed by atoms with Crippen molar-refractivity contribution in [2.45, 2.75) is 26.3 Å². The Hall–Kier alpha value is -0.250. The van der Waals surface area contributed by atoms with Crippen LogP contribution in [-0.2, 0) is 0 Å². The highest BCUT2D eigenvalue weighted by atomic mass is 79.9. The van der Waals surface area contributed by atoms with E-state index in [2.05, 4.69) is 42.0 Å². The highest BCUT2D eigenvalue weighted by molar-refractivity contribution is 9.10. The van der Waals surface area contributed by atoms with Gasteiger partial charge in [-0.2, -0.15) is 0 Å². The molecule has 0 fully saturated rings. The van der Waals surface area contributed by atoms with Crippen LogP contribution < -0.4 is 22.5 Å². The molecular weight excluding hydrogens is 289 g/mol. The van der Waals surface area contributed by atoms with Crippen LogP contribution in [0.5, 0.6) is 5.75 Å². The van der Waals surface area contributed by atoms with E-state index in [1.165, 1.54) is 0 Å². The summed E-state index contributed by atoms with van der Waals surface area (Å²) in [6.45, 7) is 7.99. The highest BCUT2D eigenvalue weighted by Gasteiger charge is 2.07. The second-order valence-corrected chi connectivity index (χ2v) is 5.39. The lowest BCUT2D eigenvalue weighted by atomic mass is 10.1. The molecule has 2 nitrogen and oxygen atoms in total. The second-order valence-electron chi connectivity index (χ2n) is 4.48. The van der Waals surface area contributed by atoms with Crippen molar-refractivity contribution in [3.63, 3.8) is 0 Å². The molecule has 0 saturated carbocycles. The maximum Gasteiger partial charge on any atom is 0.119 e. The van der Waals surface area contributed by atoms with Gasteiger partial charge < -0.3 is 22.5 Å². The fourth-order valence-corrected chi connectivity index (χ4v) is 1.39. The smallest absolute Gasteiger partial charge is 0.119 e. The summed E-state index contributed by atoms with van der Waals surface area (Å²) in [5.74, 6) is 0.911. The fourth-order valence-electron chi connectivity index (χ4n) is 1.13. The molecule has 0 spiro atoms. The number of benzene rings is 1. The minimum Gasteiger partial charge on any atom is -1.00 e. The maximum absolute atomic E-state index is 5.57. The molecule has 0 atom stereocenters. The van der Waals surface area contributed by atoms with Crippen LogP contribution in [0.25, 0.3) is 0 Å². The van der Waals surface area contributed by atoms with Crippen LogP contribution in [-0.4, -0.2) is 18.7 Å². The van der Waals surface area contributed by atoms with Gasteiger partial charge in [0.05, 0.1) is 0 Å². The van der Waals surface area contributed by atoms with Crippen LogP contribution in [0.3, 0.4) is 0 Å². The molecule has 4 heteroatoms. The lowest BCUT2D eigenvalue weighted by molar-refractivity contribution is -0.00000412. The Morgan fingerprint density at radius 2 is 1.75 bits per heavy atom. The van der Waals surface area contributed by atoms with Crippen LogP contribution in [0.2, 0.25) is 0 Å². The summed E-state index contributed by atoms with van der Waals surface area (Å²) < 4.78 is 6.64. The topological polar surface area (TPSA) is 21.3 Å². The van der Waals surface area contributed by atoms with Crippen molar-refractivity contribution < 1.29 is 17.1 Å². The zero-order valence-electron chi connectivity index (χ0n) is 9.89. The lowest BCUT2D eigenvalue weighted by Crippen LogP contribution is -3.00. The van der Waals surface area contributed by atoms with Crippen LogP contribution in [0.15, 0.2) is 28.7 Å².